The summed E-state index contributed by atoms with van der Waals surface area (Å²) < 4.78 is 32.5. The smallest absolute Gasteiger partial charge is 0.286 e. The van der Waals surface area contributed by atoms with Crippen molar-refractivity contribution in [2.45, 2.75) is 11.0 Å². The molecule has 4 rings (SSSR count). The summed E-state index contributed by atoms with van der Waals surface area (Å²) in [6.07, 6.45) is -0.0524. The molecule has 0 aromatic heterocycles. The molecule has 0 radical (unpaired) electrons. The molecule has 1 fully saturated rings. The quantitative estimate of drug-likeness (QED) is 0.502. The van der Waals surface area contributed by atoms with Gasteiger partial charge in [0.1, 0.15) is 12.7 Å². The van der Waals surface area contributed by atoms with Crippen LogP contribution in [0, 0.1) is 0 Å². The van der Waals surface area contributed by atoms with E-state index in [-0.39, 0.29) is 17.6 Å². The van der Waals surface area contributed by atoms with Gasteiger partial charge >= 0.3 is 0 Å². The Kier molecular flexibility index (Phi) is 4.17. The summed E-state index contributed by atoms with van der Waals surface area (Å²) in [7, 11) is -3.86. The molecule has 1 saturated heterocycles. The van der Waals surface area contributed by atoms with E-state index in [0.717, 1.165) is 15.2 Å². The number of hydrogen-bond acceptors (Lipinski definition) is 4. The lowest BCUT2D eigenvalue weighted by atomic mass is 10.1. The Hall–Kier alpha value is -2.41. The molecule has 3 aromatic rings. The number of fused-ring (bicyclic) bond motifs is 1. The van der Waals surface area contributed by atoms with Crippen molar-refractivity contribution in [3.05, 3.63) is 72.8 Å². The Labute approximate surface area is 146 Å². The standard InChI is InChI=1S/C19H17NO4S/c21-25(22,17-9-2-1-3-10-17)20(24-14-16-13-23-16)19-12-6-8-15-7-4-5-11-18(15)19/h1-12,16H,13-14H2. The molecule has 5 nitrogen and oxygen atoms in total. The fraction of sp³-hybridized carbons (Fsp3) is 0.158. The van der Waals surface area contributed by atoms with Gasteiger partial charge in [-0.3, -0.25) is 4.84 Å². The molecule has 1 unspecified atom stereocenters. The zero-order valence-electron chi connectivity index (χ0n) is 13.4. The first-order valence-electron chi connectivity index (χ1n) is 7.99. The molecular formula is C19H17NO4S. The first-order chi connectivity index (χ1) is 12.2. The molecule has 0 aliphatic carbocycles. The lowest BCUT2D eigenvalue weighted by Crippen LogP contribution is -2.32. The van der Waals surface area contributed by atoms with Crippen LogP contribution in [0.5, 0.6) is 0 Å². The molecular weight excluding hydrogens is 338 g/mol. The average Bonchev–Trinajstić information content (AvgIpc) is 3.47. The van der Waals surface area contributed by atoms with Gasteiger partial charge in [-0.1, -0.05) is 54.6 Å². The van der Waals surface area contributed by atoms with E-state index in [1.807, 2.05) is 36.4 Å². The minimum absolute atomic E-state index is 0.0524. The van der Waals surface area contributed by atoms with Crippen molar-refractivity contribution in [1.82, 2.24) is 0 Å². The molecule has 1 aliphatic rings. The van der Waals surface area contributed by atoms with Crippen LogP contribution in [0.1, 0.15) is 0 Å². The van der Waals surface area contributed by atoms with Gasteiger partial charge in [0.05, 0.1) is 17.2 Å². The Morgan fingerprint density at radius 1 is 0.960 bits per heavy atom. The van der Waals surface area contributed by atoms with Gasteiger partial charge in [-0.15, -0.1) is 4.47 Å². The van der Waals surface area contributed by atoms with Crippen molar-refractivity contribution in [1.29, 1.82) is 0 Å². The Morgan fingerprint density at radius 3 is 2.40 bits per heavy atom. The summed E-state index contributed by atoms with van der Waals surface area (Å²) in [5.41, 5.74) is 0.489. The van der Waals surface area contributed by atoms with Crippen LogP contribution in [-0.4, -0.2) is 27.7 Å². The van der Waals surface area contributed by atoms with Crippen LogP contribution in [0.3, 0.4) is 0 Å². The van der Waals surface area contributed by atoms with Crippen molar-refractivity contribution in [2.75, 3.05) is 17.7 Å². The lowest BCUT2D eigenvalue weighted by Gasteiger charge is -2.24. The molecule has 0 saturated carbocycles. The topological polar surface area (TPSA) is 59.1 Å². The monoisotopic (exact) mass is 355 g/mol. The van der Waals surface area contributed by atoms with Gasteiger partial charge in [0.15, 0.2) is 0 Å². The van der Waals surface area contributed by atoms with Crippen molar-refractivity contribution < 1.29 is 18.0 Å². The zero-order chi connectivity index (χ0) is 17.3. The van der Waals surface area contributed by atoms with Crippen LogP contribution in [0.25, 0.3) is 10.8 Å². The summed E-state index contributed by atoms with van der Waals surface area (Å²) in [4.78, 5) is 5.88. The van der Waals surface area contributed by atoms with Gasteiger partial charge in [-0.2, -0.15) is 8.42 Å². The number of epoxide rings is 1. The molecule has 0 N–H and O–H groups in total. The van der Waals surface area contributed by atoms with E-state index < -0.39 is 10.0 Å². The minimum Gasteiger partial charge on any atom is -0.371 e. The Morgan fingerprint density at radius 2 is 1.64 bits per heavy atom. The summed E-state index contributed by atoms with van der Waals surface area (Å²) in [5.74, 6) is 0. The fourth-order valence-corrected chi connectivity index (χ4v) is 3.95. The SMILES string of the molecule is O=S(=O)(c1ccccc1)N(OCC1CO1)c1cccc2ccccc12. The van der Waals surface area contributed by atoms with Crippen LogP contribution >= 0.6 is 0 Å². The second-order valence-electron chi connectivity index (χ2n) is 5.79. The van der Waals surface area contributed by atoms with Crippen LogP contribution < -0.4 is 4.47 Å². The molecule has 1 heterocycles. The second kappa shape index (κ2) is 6.48. The molecule has 1 aliphatic heterocycles. The van der Waals surface area contributed by atoms with E-state index in [1.165, 1.54) is 0 Å². The first-order valence-corrected chi connectivity index (χ1v) is 9.43. The molecule has 0 bridgehead atoms. The van der Waals surface area contributed by atoms with E-state index >= 15 is 0 Å². The first kappa shape index (κ1) is 16.1. The van der Waals surface area contributed by atoms with Crippen LogP contribution in [-0.2, 0) is 19.6 Å². The third-order valence-corrected chi connectivity index (χ3v) is 5.61. The molecule has 0 spiro atoms. The van der Waals surface area contributed by atoms with E-state index in [9.17, 15) is 8.42 Å². The normalized spacial score (nSPS) is 16.7. The summed E-state index contributed by atoms with van der Waals surface area (Å²) >= 11 is 0. The van der Waals surface area contributed by atoms with E-state index in [0.29, 0.717) is 12.3 Å². The molecule has 6 heteroatoms. The molecule has 128 valence electrons. The number of rotatable bonds is 6. The molecule has 3 aromatic carbocycles. The predicted molar refractivity (Wildman–Crippen MR) is 95.7 cm³/mol. The van der Waals surface area contributed by atoms with E-state index in [1.54, 1.807) is 36.4 Å². The second-order valence-corrected chi connectivity index (χ2v) is 7.55. The average molecular weight is 355 g/mol. The van der Waals surface area contributed by atoms with Crippen molar-refractivity contribution >= 4 is 26.5 Å². The highest BCUT2D eigenvalue weighted by atomic mass is 32.2. The van der Waals surface area contributed by atoms with Gasteiger partial charge in [-0.05, 0) is 23.6 Å². The number of hydrogen-bond donors (Lipinski definition) is 0. The van der Waals surface area contributed by atoms with Gasteiger partial charge in [0.2, 0.25) is 0 Å². The van der Waals surface area contributed by atoms with Crippen molar-refractivity contribution in [3.8, 4) is 0 Å². The lowest BCUT2D eigenvalue weighted by molar-refractivity contribution is 0.129. The highest BCUT2D eigenvalue weighted by Crippen LogP contribution is 2.31. The molecule has 25 heavy (non-hydrogen) atoms. The minimum atomic E-state index is -3.86. The number of nitrogens with zero attached hydrogens (tertiary/aromatic N) is 1. The van der Waals surface area contributed by atoms with Crippen molar-refractivity contribution in [2.24, 2.45) is 0 Å². The van der Waals surface area contributed by atoms with Crippen LogP contribution in [0.15, 0.2) is 77.7 Å². The van der Waals surface area contributed by atoms with Gasteiger partial charge in [0.25, 0.3) is 10.0 Å². The Balaban J connectivity index is 1.83. The van der Waals surface area contributed by atoms with Gasteiger partial charge in [0, 0.05) is 5.39 Å². The fourth-order valence-electron chi connectivity index (χ4n) is 2.64. The maximum Gasteiger partial charge on any atom is 0.286 e. The van der Waals surface area contributed by atoms with Gasteiger partial charge < -0.3 is 4.74 Å². The molecule has 1 atom stereocenters. The van der Waals surface area contributed by atoms with Gasteiger partial charge in [-0.25, -0.2) is 0 Å². The third kappa shape index (κ3) is 3.24. The molecule has 0 amide bonds. The predicted octanol–water partition coefficient (Wildman–Crippen LogP) is 3.37. The number of anilines is 1. The Bertz CT molecular complexity index is 979. The van der Waals surface area contributed by atoms with Crippen LogP contribution in [0.2, 0.25) is 0 Å². The zero-order valence-corrected chi connectivity index (χ0v) is 14.2. The third-order valence-electron chi connectivity index (χ3n) is 4.00. The van der Waals surface area contributed by atoms with Crippen molar-refractivity contribution in [3.63, 3.8) is 0 Å². The maximum absolute atomic E-state index is 13.2. The van der Waals surface area contributed by atoms with Crippen LogP contribution in [0.4, 0.5) is 5.69 Å². The summed E-state index contributed by atoms with van der Waals surface area (Å²) in [5, 5.41) is 1.75. The highest BCUT2D eigenvalue weighted by Gasteiger charge is 2.31. The number of sulfonamides is 1. The number of benzene rings is 3. The number of ether oxygens (including phenoxy) is 1. The maximum atomic E-state index is 13.2. The highest BCUT2D eigenvalue weighted by molar-refractivity contribution is 7.92. The van der Waals surface area contributed by atoms with E-state index in [2.05, 4.69) is 0 Å². The van der Waals surface area contributed by atoms with E-state index in [4.69, 9.17) is 9.57 Å². The summed E-state index contributed by atoms with van der Waals surface area (Å²) in [6.45, 7) is 0.782. The largest absolute Gasteiger partial charge is 0.371 e. The summed E-state index contributed by atoms with van der Waals surface area (Å²) in [6, 6.07) is 21.4.